The van der Waals surface area contributed by atoms with E-state index >= 15 is 0 Å². The van der Waals surface area contributed by atoms with Crippen LogP contribution in [0.5, 0.6) is 5.75 Å². The molecule has 0 fully saturated rings. The monoisotopic (exact) mass is 345 g/mol. The van der Waals surface area contributed by atoms with E-state index in [1.165, 1.54) is 31.4 Å². The summed E-state index contributed by atoms with van der Waals surface area (Å²) in [6.07, 6.45) is 0.149. The lowest BCUT2D eigenvalue weighted by Gasteiger charge is -2.14. The minimum absolute atomic E-state index is 0.135. The van der Waals surface area contributed by atoms with E-state index in [0.29, 0.717) is 5.71 Å². The first-order valence-electron chi connectivity index (χ1n) is 7.80. The molecule has 1 unspecified atom stereocenters. The molecular formula is C19H20FNO4. The molecule has 0 spiro atoms. The third-order valence-corrected chi connectivity index (χ3v) is 3.64. The number of carbonyl (C=O) groups excluding carboxylic acids is 1. The number of halogens is 1. The maximum atomic E-state index is 12.9. The molecule has 132 valence electrons. The normalized spacial score (nSPS) is 12.5. The summed E-state index contributed by atoms with van der Waals surface area (Å²) >= 11 is 0. The average molecular weight is 345 g/mol. The van der Waals surface area contributed by atoms with Crippen LogP contribution in [0.1, 0.15) is 24.5 Å². The molecule has 1 N–H and O–H groups in total. The molecule has 6 heteroatoms. The van der Waals surface area contributed by atoms with Gasteiger partial charge in [-0.3, -0.25) is 4.79 Å². The highest BCUT2D eigenvalue weighted by atomic mass is 19.1. The largest absolute Gasteiger partial charge is 0.508 e. The first-order chi connectivity index (χ1) is 12.0. The Kier molecular flexibility index (Phi) is 6.51. The van der Waals surface area contributed by atoms with E-state index in [9.17, 15) is 14.3 Å². The summed E-state index contributed by atoms with van der Waals surface area (Å²) in [6.45, 7) is 2.01. The highest BCUT2D eigenvalue weighted by molar-refractivity contribution is 6.03. The van der Waals surface area contributed by atoms with Crippen molar-refractivity contribution < 1.29 is 23.9 Å². The number of rotatable bonds is 7. The number of hydrogen-bond acceptors (Lipinski definition) is 5. The van der Waals surface area contributed by atoms with E-state index in [-0.39, 0.29) is 36.5 Å². The van der Waals surface area contributed by atoms with Crippen molar-refractivity contribution in [2.75, 3.05) is 7.11 Å². The van der Waals surface area contributed by atoms with Crippen molar-refractivity contribution >= 4 is 11.7 Å². The highest BCUT2D eigenvalue weighted by Gasteiger charge is 2.18. The first-order valence-corrected chi connectivity index (χ1v) is 7.80. The number of phenolic OH excluding ortho intramolecular Hbond substituents is 1. The molecule has 0 heterocycles. The van der Waals surface area contributed by atoms with Crippen LogP contribution in [0.4, 0.5) is 4.39 Å². The predicted octanol–water partition coefficient (Wildman–Crippen LogP) is 3.65. The fourth-order valence-corrected chi connectivity index (χ4v) is 2.25. The van der Waals surface area contributed by atoms with Crippen LogP contribution < -0.4 is 0 Å². The van der Waals surface area contributed by atoms with Gasteiger partial charge in [-0.2, -0.15) is 0 Å². The van der Waals surface area contributed by atoms with Crippen LogP contribution in [0, 0.1) is 11.7 Å². The van der Waals surface area contributed by atoms with Gasteiger partial charge in [-0.15, -0.1) is 0 Å². The molecule has 0 aliphatic heterocycles. The summed E-state index contributed by atoms with van der Waals surface area (Å²) in [5.74, 6) is -0.776. The second kappa shape index (κ2) is 8.82. The molecule has 0 amide bonds. The van der Waals surface area contributed by atoms with Gasteiger partial charge in [0.05, 0.1) is 19.2 Å². The zero-order valence-corrected chi connectivity index (χ0v) is 14.1. The van der Waals surface area contributed by atoms with E-state index in [0.717, 1.165) is 11.1 Å². The number of aromatic hydroxyl groups is 1. The van der Waals surface area contributed by atoms with Gasteiger partial charge in [-0.1, -0.05) is 24.2 Å². The standard InChI is InChI=1S/C19H20FNO4/c1-13(11-18(23)24-2)19(15-5-9-17(22)10-6-15)21-25-12-14-3-7-16(20)8-4-14/h3-10,13,22H,11-12H2,1-2H3/b21-19+. The fraction of sp³-hybridized carbons (Fsp3) is 0.263. The summed E-state index contributed by atoms with van der Waals surface area (Å²) in [6, 6.07) is 12.4. The first kappa shape index (κ1) is 18.4. The molecule has 0 aliphatic carbocycles. The van der Waals surface area contributed by atoms with Gasteiger partial charge in [-0.05, 0) is 47.5 Å². The van der Waals surface area contributed by atoms with Gasteiger partial charge in [-0.25, -0.2) is 4.39 Å². The zero-order chi connectivity index (χ0) is 18.2. The van der Waals surface area contributed by atoms with E-state index in [4.69, 9.17) is 9.57 Å². The number of hydrogen-bond donors (Lipinski definition) is 1. The lowest BCUT2D eigenvalue weighted by Crippen LogP contribution is -2.18. The number of esters is 1. The number of nitrogens with zero attached hydrogens (tertiary/aromatic N) is 1. The summed E-state index contributed by atoms with van der Waals surface area (Å²) in [5, 5.41) is 13.6. The Labute approximate surface area is 145 Å². The summed E-state index contributed by atoms with van der Waals surface area (Å²) in [5.41, 5.74) is 2.07. The third kappa shape index (κ3) is 5.60. The van der Waals surface area contributed by atoms with Gasteiger partial charge in [0.2, 0.25) is 0 Å². The third-order valence-electron chi connectivity index (χ3n) is 3.64. The predicted molar refractivity (Wildman–Crippen MR) is 91.6 cm³/mol. The van der Waals surface area contributed by atoms with Crippen molar-refractivity contribution in [1.29, 1.82) is 0 Å². The zero-order valence-electron chi connectivity index (χ0n) is 14.1. The van der Waals surface area contributed by atoms with Gasteiger partial charge in [0.25, 0.3) is 0 Å². The van der Waals surface area contributed by atoms with Crippen molar-refractivity contribution in [1.82, 2.24) is 0 Å². The number of phenols is 1. The Morgan fingerprint density at radius 3 is 2.40 bits per heavy atom. The van der Waals surface area contributed by atoms with Crippen molar-refractivity contribution in [3.8, 4) is 5.75 Å². The molecule has 0 radical (unpaired) electrons. The molecule has 25 heavy (non-hydrogen) atoms. The molecule has 2 rings (SSSR count). The fourth-order valence-electron chi connectivity index (χ4n) is 2.25. The van der Waals surface area contributed by atoms with Gasteiger partial charge in [0.1, 0.15) is 18.2 Å². The molecule has 2 aromatic carbocycles. The van der Waals surface area contributed by atoms with E-state index < -0.39 is 0 Å². The Hall–Kier alpha value is -2.89. The number of methoxy groups -OCH3 is 1. The Morgan fingerprint density at radius 2 is 1.80 bits per heavy atom. The topological polar surface area (TPSA) is 68.1 Å². The molecular weight excluding hydrogens is 325 g/mol. The molecule has 5 nitrogen and oxygen atoms in total. The minimum Gasteiger partial charge on any atom is -0.508 e. The highest BCUT2D eigenvalue weighted by Crippen LogP contribution is 2.18. The van der Waals surface area contributed by atoms with Crippen molar-refractivity contribution in [3.63, 3.8) is 0 Å². The number of ether oxygens (including phenoxy) is 1. The van der Waals surface area contributed by atoms with Crippen LogP contribution in [-0.4, -0.2) is 23.9 Å². The van der Waals surface area contributed by atoms with Gasteiger partial charge in [0.15, 0.2) is 0 Å². The van der Waals surface area contributed by atoms with Crippen LogP contribution in [0.15, 0.2) is 53.7 Å². The van der Waals surface area contributed by atoms with Crippen LogP contribution in [0.3, 0.4) is 0 Å². The Balaban J connectivity index is 2.15. The van der Waals surface area contributed by atoms with Crippen LogP contribution >= 0.6 is 0 Å². The lowest BCUT2D eigenvalue weighted by atomic mass is 9.95. The molecule has 0 aliphatic rings. The van der Waals surface area contributed by atoms with Crippen LogP contribution in [0.25, 0.3) is 0 Å². The second-order valence-corrected chi connectivity index (χ2v) is 5.60. The maximum Gasteiger partial charge on any atom is 0.306 e. The van der Waals surface area contributed by atoms with Gasteiger partial charge < -0.3 is 14.7 Å². The second-order valence-electron chi connectivity index (χ2n) is 5.60. The smallest absolute Gasteiger partial charge is 0.306 e. The average Bonchev–Trinajstić information content (AvgIpc) is 2.61. The van der Waals surface area contributed by atoms with Crippen molar-refractivity contribution in [2.24, 2.45) is 11.1 Å². The number of benzene rings is 2. The van der Waals surface area contributed by atoms with E-state index in [1.807, 2.05) is 6.92 Å². The van der Waals surface area contributed by atoms with E-state index in [1.54, 1.807) is 24.3 Å². The SMILES string of the molecule is COC(=O)CC(C)/C(=N\OCc1ccc(F)cc1)c1ccc(O)cc1. The summed E-state index contributed by atoms with van der Waals surface area (Å²) < 4.78 is 17.6. The van der Waals surface area contributed by atoms with Gasteiger partial charge >= 0.3 is 5.97 Å². The summed E-state index contributed by atoms with van der Waals surface area (Å²) in [4.78, 5) is 16.9. The Bertz CT molecular complexity index is 726. The lowest BCUT2D eigenvalue weighted by molar-refractivity contribution is -0.141. The van der Waals surface area contributed by atoms with Crippen molar-refractivity contribution in [3.05, 3.63) is 65.5 Å². The maximum absolute atomic E-state index is 12.9. The van der Waals surface area contributed by atoms with Crippen LogP contribution in [0.2, 0.25) is 0 Å². The van der Waals surface area contributed by atoms with Crippen LogP contribution in [-0.2, 0) is 21.0 Å². The number of carbonyl (C=O) groups is 1. The Morgan fingerprint density at radius 1 is 1.16 bits per heavy atom. The van der Waals surface area contributed by atoms with E-state index in [2.05, 4.69) is 5.16 Å². The molecule has 0 bridgehead atoms. The van der Waals surface area contributed by atoms with Crippen molar-refractivity contribution in [2.45, 2.75) is 20.0 Å². The molecule has 1 atom stereocenters. The molecule has 2 aromatic rings. The molecule has 0 saturated heterocycles. The summed E-state index contributed by atoms with van der Waals surface area (Å²) in [7, 11) is 1.33. The quantitative estimate of drug-likeness (QED) is 0.472. The molecule has 0 aromatic heterocycles. The minimum atomic E-state index is -0.350. The number of oxime groups is 1. The van der Waals surface area contributed by atoms with Gasteiger partial charge in [0, 0.05) is 5.92 Å². The molecule has 0 saturated carbocycles.